The van der Waals surface area contributed by atoms with Gasteiger partial charge in [-0.3, -0.25) is 4.55 Å². The number of thioether (sulfide) groups is 1. The van der Waals surface area contributed by atoms with Crippen LogP contribution in [0, 0.1) is 5.41 Å². The number of para-hydroxylation sites is 1. The van der Waals surface area contributed by atoms with Crippen LogP contribution in [-0.2, 0) is 16.7 Å². The van der Waals surface area contributed by atoms with Crippen molar-refractivity contribution in [3.63, 3.8) is 0 Å². The van der Waals surface area contributed by atoms with Crippen molar-refractivity contribution in [3.05, 3.63) is 93.0 Å². The summed E-state index contributed by atoms with van der Waals surface area (Å²) in [6.45, 7) is 8.21. The first-order valence-corrected chi connectivity index (χ1v) is 17.0. The molecule has 0 atom stereocenters. The van der Waals surface area contributed by atoms with Gasteiger partial charge in [0.2, 0.25) is 5.52 Å². The van der Waals surface area contributed by atoms with E-state index in [0.717, 1.165) is 39.6 Å². The lowest BCUT2D eigenvalue weighted by Crippen LogP contribution is -2.35. The Bertz CT molecular complexity index is 1670. The number of hydrogen-bond donors (Lipinski definition) is 1. The number of nitrogens with zero attached hydrogens (tertiary/aromatic N) is 2. The number of rotatable bonds is 8. The molecule has 0 amide bonds. The van der Waals surface area contributed by atoms with Crippen molar-refractivity contribution in [1.29, 1.82) is 0 Å². The molecule has 2 aromatic carbocycles. The van der Waals surface area contributed by atoms with E-state index in [9.17, 15) is 13.0 Å². The first kappa shape index (κ1) is 29.1. The zero-order valence-electron chi connectivity index (χ0n) is 22.9. The summed E-state index contributed by atoms with van der Waals surface area (Å²) in [6, 6.07) is 14.2. The van der Waals surface area contributed by atoms with Gasteiger partial charge < -0.3 is 4.90 Å². The Kier molecular flexibility index (Phi) is 8.64. The Morgan fingerprint density at radius 1 is 1.18 bits per heavy atom. The van der Waals surface area contributed by atoms with Crippen molar-refractivity contribution in [3.8, 4) is 0 Å². The number of hydrogen-bond acceptors (Lipinski definition) is 5. The second-order valence-corrected chi connectivity index (χ2v) is 15.1. The Morgan fingerprint density at radius 2 is 1.98 bits per heavy atom. The lowest BCUT2D eigenvalue weighted by Gasteiger charge is -2.31. The molecule has 1 N–H and O–H groups in total. The van der Waals surface area contributed by atoms with Crippen LogP contribution in [0.2, 0.25) is 5.02 Å². The third-order valence-corrected chi connectivity index (χ3v) is 10.3. The van der Waals surface area contributed by atoms with Gasteiger partial charge in [-0.1, -0.05) is 78.9 Å². The Labute approximate surface area is 250 Å². The van der Waals surface area contributed by atoms with Gasteiger partial charge in [0.15, 0.2) is 6.54 Å². The highest BCUT2D eigenvalue weighted by atomic mass is 35.5. The molecule has 5 nitrogen and oxygen atoms in total. The maximum atomic E-state index is 11.3. The normalized spacial score (nSPS) is 19.2. The van der Waals surface area contributed by atoms with E-state index in [1.807, 2.05) is 30.3 Å². The fourth-order valence-electron chi connectivity index (χ4n) is 5.44. The molecule has 0 saturated heterocycles. The minimum atomic E-state index is -3.98. The summed E-state index contributed by atoms with van der Waals surface area (Å²) in [5.74, 6) is -0.249. The van der Waals surface area contributed by atoms with Crippen molar-refractivity contribution >= 4 is 66.8 Å². The second kappa shape index (κ2) is 11.9. The van der Waals surface area contributed by atoms with E-state index < -0.39 is 10.1 Å². The molecule has 0 radical (unpaired) electrons. The van der Waals surface area contributed by atoms with Gasteiger partial charge in [-0.05, 0) is 66.7 Å². The summed E-state index contributed by atoms with van der Waals surface area (Å²) in [6.07, 6.45) is 13.4. The number of aromatic nitrogens is 1. The molecule has 3 aromatic rings. The van der Waals surface area contributed by atoms with E-state index in [2.05, 4.69) is 72.8 Å². The van der Waals surface area contributed by atoms with Gasteiger partial charge in [0.1, 0.15) is 4.70 Å². The molecule has 0 fully saturated rings. The van der Waals surface area contributed by atoms with Crippen LogP contribution in [-0.4, -0.2) is 25.3 Å². The predicted molar refractivity (Wildman–Crippen MR) is 170 cm³/mol. The van der Waals surface area contributed by atoms with Crippen molar-refractivity contribution in [2.75, 3.05) is 17.2 Å². The molecule has 210 valence electrons. The van der Waals surface area contributed by atoms with Crippen LogP contribution in [0.4, 0.5) is 5.69 Å². The molecule has 2 aliphatic rings. The summed E-state index contributed by atoms with van der Waals surface area (Å²) in [5, 5.41) is 3.04. The maximum absolute atomic E-state index is 11.3. The molecule has 40 heavy (non-hydrogen) atoms. The van der Waals surface area contributed by atoms with Gasteiger partial charge in [-0.2, -0.15) is 13.0 Å². The smallest absolute Gasteiger partial charge is 0.265 e. The van der Waals surface area contributed by atoms with Crippen LogP contribution in [0.5, 0.6) is 0 Å². The van der Waals surface area contributed by atoms with E-state index in [0.29, 0.717) is 13.0 Å². The van der Waals surface area contributed by atoms with Gasteiger partial charge in [0.25, 0.3) is 15.1 Å². The molecule has 0 saturated carbocycles. The summed E-state index contributed by atoms with van der Waals surface area (Å²) in [7, 11) is -3.98. The van der Waals surface area contributed by atoms with E-state index in [1.165, 1.54) is 26.8 Å². The molecule has 9 heteroatoms. The fourth-order valence-corrected chi connectivity index (χ4v) is 8.39. The highest BCUT2D eigenvalue weighted by Crippen LogP contribution is 2.48. The molecular formula is C31H34ClN2O3S3+. The van der Waals surface area contributed by atoms with E-state index >= 15 is 0 Å². The standard InChI is InChI=1S/C31H33ClN2O3S3/c1-4-33-26-19-24(32)13-14-28(26)39-30(33)18-23-17-22(20-31(2,3)21-23)9-7-12-29-34(15-8-16-40(35,36)37)25-10-5-6-11-27(25)38-29/h5-7,9-14,17-19H,4,8,15-16,20-21H2,1-3H3/p+1. The van der Waals surface area contributed by atoms with Crippen LogP contribution in [0.1, 0.15) is 45.0 Å². The first-order valence-electron chi connectivity index (χ1n) is 13.4. The van der Waals surface area contributed by atoms with E-state index in [-0.39, 0.29) is 11.2 Å². The average molecular weight is 614 g/mol. The van der Waals surface area contributed by atoms with Gasteiger partial charge >= 0.3 is 0 Å². The van der Waals surface area contributed by atoms with Crippen LogP contribution in [0.15, 0.2) is 87.8 Å². The number of fused-ring (bicyclic) bond motifs is 2. The number of anilines is 1. The zero-order valence-corrected chi connectivity index (χ0v) is 26.1. The fraction of sp³-hybridized carbons (Fsp3) is 0.323. The van der Waals surface area contributed by atoms with Gasteiger partial charge in [0.05, 0.1) is 16.5 Å². The first-order chi connectivity index (χ1) is 19.0. The highest BCUT2D eigenvalue weighted by Gasteiger charge is 2.28. The molecule has 0 bridgehead atoms. The number of aryl methyl sites for hydroxylation is 1. The molecule has 0 unspecified atom stereocenters. The van der Waals surface area contributed by atoms with Crippen LogP contribution >= 0.6 is 34.7 Å². The minimum absolute atomic E-state index is 0.143. The molecule has 1 aromatic heterocycles. The summed E-state index contributed by atoms with van der Waals surface area (Å²) in [4.78, 5) is 3.57. The van der Waals surface area contributed by atoms with Crippen molar-refractivity contribution in [2.45, 2.75) is 51.5 Å². The molecular weight excluding hydrogens is 580 g/mol. The zero-order chi connectivity index (χ0) is 28.5. The average Bonchev–Trinajstić information content (AvgIpc) is 3.39. The highest BCUT2D eigenvalue weighted by molar-refractivity contribution is 8.03. The molecule has 1 aliphatic carbocycles. The Balaban J connectivity index is 1.41. The third-order valence-electron chi connectivity index (χ3n) is 7.02. The Morgan fingerprint density at radius 3 is 2.75 bits per heavy atom. The predicted octanol–water partition coefficient (Wildman–Crippen LogP) is 8.28. The van der Waals surface area contributed by atoms with E-state index in [1.54, 1.807) is 23.1 Å². The number of halogens is 1. The molecule has 0 spiro atoms. The monoisotopic (exact) mass is 613 g/mol. The van der Waals surface area contributed by atoms with Crippen LogP contribution in [0.3, 0.4) is 0 Å². The van der Waals surface area contributed by atoms with Crippen LogP contribution < -0.4 is 9.47 Å². The SMILES string of the molecule is CCN1C(=CC2=C/C(=C\C=C\c3sc4ccccc4[n+]3CCCS(=O)(=O)O)CC(C)(C)C2)Sc2ccc(Cl)cc21. The second-order valence-electron chi connectivity index (χ2n) is 11.0. The summed E-state index contributed by atoms with van der Waals surface area (Å²) >= 11 is 9.77. The Hall–Kier alpha value is -2.36. The van der Waals surface area contributed by atoms with Crippen LogP contribution in [0.25, 0.3) is 16.3 Å². The largest absolute Gasteiger partial charge is 0.335 e. The summed E-state index contributed by atoms with van der Waals surface area (Å²) in [5.41, 5.74) is 4.99. The third kappa shape index (κ3) is 6.92. The maximum Gasteiger partial charge on any atom is 0.265 e. The number of thiazole rings is 1. The molecule has 2 heterocycles. The molecule has 1 aliphatic heterocycles. The lowest BCUT2D eigenvalue weighted by atomic mass is 9.75. The van der Waals surface area contributed by atoms with Gasteiger partial charge in [-0.15, -0.1) is 0 Å². The quantitative estimate of drug-likeness (QED) is 0.205. The molecule has 5 rings (SSSR count). The number of benzene rings is 2. The minimum Gasteiger partial charge on any atom is -0.335 e. The summed E-state index contributed by atoms with van der Waals surface area (Å²) < 4.78 is 35.0. The van der Waals surface area contributed by atoms with E-state index in [4.69, 9.17) is 11.6 Å². The van der Waals surface area contributed by atoms with Gasteiger partial charge in [-0.25, -0.2) is 0 Å². The number of allylic oxidation sites excluding steroid dienone is 6. The van der Waals surface area contributed by atoms with Crippen molar-refractivity contribution in [1.82, 2.24) is 0 Å². The van der Waals surface area contributed by atoms with Crippen molar-refractivity contribution < 1.29 is 17.5 Å². The van der Waals surface area contributed by atoms with Crippen molar-refractivity contribution in [2.24, 2.45) is 5.41 Å². The topological polar surface area (TPSA) is 61.5 Å². The van der Waals surface area contributed by atoms with Gasteiger partial charge in [0, 0.05) is 35.0 Å². The lowest BCUT2D eigenvalue weighted by molar-refractivity contribution is -0.668.